The number of imidazole rings is 1. The number of para-hydroxylation sites is 1. The molecule has 2 aliphatic heterocycles. The zero-order valence-corrected chi connectivity index (χ0v) is 25.0. The number of aromatic amines is 1. The quantitative estimate of drug-likeness (QED) is 0.326. The number of benzene rings is 2. The Hall–Kier alpha value is -4.78. The van der Waals surface area contributed by atoms with Crippen LogP contribution in [0.1, 0.15) is 40.9 Å². The number of likely N-dealkylation sites (N-methyl/N-ethyl adjacent to an activating group) is 1. The Morgan fingerprint density at radius 1 is 1.09 bits per heavy atom. The number of amides is 4. The predicted octanol–water partition coefficient (Wildman–Crippen LogP) is 1.48. The largest absolute Gasteiger partial charge is 0.491 e. The van der Waals surface area contributed by atoms with Crippen LogP contribution in [0.15, 0.2) is 61.1 Å². The van der Waals surface area contributed by atoms with Crippen LogP contribution in [0.4, 0.5) is 4.39 Å². The molecular weight excluding hydrogens is 583 g/mol. The number of aromatic nitrogens is 2. The number of hydrogen-bond acceptors (Lipinski definition) is 7. The summed E-state index contributed by atoms with van der Waals surface area (Å²) >= 11 is 0. The number of nitrogens with zero attached hydrogens (tertiary/aromatic N) is 2. The topological polar surface area (TPSA) is 155 Å². The molecule has 2 aromatic carbocycles. The van der Waals surface area contributed by atoms with E-state index in [1.165, 1.54) is 23.4 Å². The molecule has 0 unspecified atom stereocenters. The van der Waals surface area contributed by atoms with Gasteiger partial charge in [0.1, 0.15) is 30.3 Å². The molecule has 0 saturated carbocycles. The number of ether oxygens (including phenoxy) is 2. The van der Waals surface area contributed by atoms with Gasteiger partial charge in [0.05, 0.1) is 24.9 Å². The van der Waals surface area contributed by atoms with Gasteiger partial charge in [0.15, 0.2) is 0 Å². The van der Waals surface area contributed by atoms with E-state index >= 15 is 0 Å². The molecule has 12 nitrogen and oxygen atoms in total. The first-order valence-electron chi connectivity index (χ1n) is 14.9. The fourth-order valence-corrected chi connectivity index (χ4v) is 5.68. The van der Waals surface area contributed by atoms with E-state index < -0.39 is 41.6 Å². The zero-order chi connectivity index (χ0) is 31.8. The van der Waals surface area contributed by atoms with Crippen molar-refractivity contribution in [1.82, 2.24) is 30.8 Å². The van der Waals surface area contributed by atoms with Crippen molar-refractivity contribution in [2.45, 2.75) is 43.2 Å². The fraction of sp³-hybridized carbons (Fsp3) is 0.406. The first-order valence-corrected chi connectivity index (χ1v) is 14.9. The van der Waals surface area contributed by atoms with Gasteiger partial charge in [0.25, 0.3) is 5.91 Å². The lowest BCUT2D eigenvalue weighted by Gasteiger charge is -2.38. The molecule has 4 N–H and O–H groups in total. The first-order chi connectivity index (χ1) is 21.7. The van der Waals surface area contributed by atoms with E-state index in [9.17, 15) is 23.6 Å². The minimum absolute atomic E-state index is 0.0903. The Labute approximate surface area is 260 Å². The minimum atomic E-state index is -1.29. The number of H-pyrrole nitrogens is 1. The highest BCUT2D eigenvalue weighted by atomic mass is 19.1. The van der Waals surface area contributed by atoms with Gasteiger partial charge in [-0.05, 0) is 42.7 Å². The molecule has 5 rings (SSSR count). The molecule has 0 bridgehead atoms. The molecular formula is C32H37FN6O6. The van der Waals surface area contributed by atoms with Crippen molar-refractivity contribution in [3.05, 3.63) is 83.7 Å². The number of rotatable bonds is 6. The average molecular weight is 621 g/mol. The lowest BCUT2D eigenvalue weighted by atomic mass is 9.74. The molecule has 45 heavy (non-hydrogen) atoms. The van der Waals surface area contributed by atoms with E-state index in [1.54, 1.807) is 43.6 Å². The summed E-state index contributed by atoms with van der Waals surface area (Å²) < 4.78 is 25.6. The number of carbonyl (C=O) groups is 4. The number of fused-ring (bicyclic) bond motifs is 1. The highest BCUT2D eigenvalue weighted by Crippen LogP contribution is 2.34. The minimum Gasteiger partial charge on any atom is -0.491 e. The number of nitrogens with one attached hydrogen (secondary N) is 4. The summed E-state index contributed by atoms with van der Waals surface area (Å²) in [6, 6.07) is 10.6. The number of carbonyl (C=O) groups excluding carboxylic acids is 4. The molecule has 0 spiro atoms. The maximum Gasteiger partial charge on any atom is 0.255 e. The van der Waals surface area contributed by atoms with E-state index in [4.69, 9.17) is 9.47 Å². The molecule has 4 amide bonds. The Morgan fingerprint density at radius 2 is 1.89 bits per heavy atom. The van der Waals surface area contributed by atoms with Gasteiger partial charge in [0.2, 0.25) is 17.7 Å². The van der Waals surface area contributed by atoms with Gasteiger partial charge >= 0.3 is 0 Å². The van der Waals surface area contributed by atoms with E-state index in [-0.39, 0.29) is 49.2 Å². The number of hydrogen-bond donors (Lipinski definition) is 4. The highest BCUT2D eigenvalue weighted by Gasteiger charge is 2.37. The summed E-state index contributed by atoms with van der Waals surface area (Å²) in [4.78, 5) is 62.4. The second-order valence-electron chi connectivity index (χ2n) is 11.4. The van der Waals surface area contributed by atoms with Gasteiger partial charge in [-0.1, -0.05) is 24.3 Å². The van der Waals surface area contributed by atoms with Crippen molar-refractivity contribution in [3.8, 4) is 5.75 Å². The van der Waals surface area contributed by atoms with Crippen LogP contribution in [0.25, 0.3) is 0 Å². The molecule has 0 radical (unpaired) electrons. The third-order valence-electron chi connectivity index (χ3n) is 8.30. The molecule has 2 atom stereocenters. The Kier molecular flexibility index (Phi) is 10.1. The lowest BCUT2D eigenvalue weighted by molar-refractivity contribution is -0.136. The summed E-state index contributed by atoms with van der Waals surface area (Å²) in [5.74, 6) is -2.26. The summed E-state index contributed by atoms with van der Waals surface area (Å²) in [6.45, 7) is 1.30. The van der Waals surface area contributed by atoms with E-state index in [1.807, 2.05) is 6.07 Å². The van der Waals surface area contributed by atoms with Crippen molar-refractivity contribution in [1.29, 1.82) is 0 Å². The van der Waals surface area contributed by atoms with E-state index in [0.29, 0.717) is 31.7 Å². The molecule has 2 aliphatic rings. The summed E-state index contributed by atoms with van der Waals surface area (Å²) in [5, 5.41) is 8.36. The van der Waals surface area contributed by atoms with Gasteiger partial charge in [-0.2, -0.15) is 0 Å². The van der Waals surface area contributed by atoms with Gasteiger partial charge in [0, 0.05) is 50.5 Å². The summed E-state index contributed by atoms with van der Waals surface area (Å²) in [7, 11) is 1.60. The molecule has 3 heterocycles. The van der Waals surface area contributed by atoms with Gasteiger partial charge in [-0.3, -0.25) is 19.2 Å². The van der Waals surface area contributed by atoms with E-state index in [0.717, 1.165) is 5.56 Å². The van der Waals surface area contributed by atoms with Crippen LogP contribution in [0.2, 0.25) is 0 Å². The van der Waals surface area contributed by atoms with Crippen LogP contribution in [0.5, 0.6) is 5.75 Å². The van der Waals surface area contributed by atoms with Gasteiger partial charge in [-0.25, -0.2) is 9.37 Å². The van der Waals surface area contributed by atoms with Crippen molar-refractivity contribution in [3.63, 3.8) is 0 Å². The first kappa shape index (κ1) is 31.6. The maximum atomic E-state index is 14.2. The molecule has 13 heteroatoms. The normalized spacial score (nSPS) is 21.0. The fourth-order valence-electron chi connectivity index (χ4n) is 5.68. The van der Waals surface area contributed by atoms with E-state index in [2.05, 4.69) is 25.9 Å². The third-order valence-corrected chi connectivity index (χ3v) is 8.30. The van der Waals surface area contributed by atoms with Crippen LogP contribution < -0.4 is 20.7 Å². The van der Waals surface area contributed by atoms with Crippen LogP contribution in [-0.2, 0) is 31.0 Å². The highest BCUT2D eigenvalue weighted by molar-refractivity contribution is 6.01. The third kappa shape index (κ3) is 7.85. The molecule has 1 saturated heterocycles. The van der Waals surface area contributed by atoms with Gasteiger partial charge in [-0.15, -0.1) is 0 Å². The smallest absolute Gasteiger partial charge is 0.255 e. The number of halogens is 1. The second kappa shape index (κ2) is 14.3. The molecule has 1 aromatic heterocycles. The Bertz CT molecular complexity index is 1510. The van der Waals surface area contributed by atoms with Crippen molar-refractivity contribution in [2.75, 3.05) is 40.0 Å². The summed E-state index contributed by atoms with van der Waals surface area (Å²) in [5.41, 5.74) is 0.944. The Morgan fingerprint density at radius 3 is 2.64 bits per heavy atom. The second-order valence-corrected chi connectivity index (χ2v) is 11.4. The zero-order valence-electron chi connectivity index (χ0n) is 25.0. The van der Waals surface area contributed by atoms with Crippen LogP contribution in [-0.4, -0.2) is 90.5 Å². The van der Waals surface area contributed by atoms with Crippen LogP contribution in [0.3, 0.4) is 0 Å². The SMILES string of the molecule is CN1CCOc2ccccc2C(=O)N[C@H](C(=O)NCC2(c3cccc(F)c3)CCOCC2)CC(=O)N[C@@H](Cc2cnc[nH]2)C1=O. The van der Waals surface area contributed by atoms with Crippen molar-refractivity contribution >= 4 is 23.6 Å². The van der Waals surface area contributed by atoms with Crippen LogP contribution in [0, 0.1) is 5.82 Å². The molecule has 0 aliphatic carbocycles. The molecule has 3 aromatic rings. The lowest BCUT2D eigenvalue weighted by Crippen LogP contribution is -2.54. The maximum absolute atomic E-state index is 14.2. The predicted molar refractivity (Wildman–Crippen MR) is 161 cm³/mol. The standard InChI is InChI=1S/C32H37FN6O6/c1-39-11-14-45-27-8-3-2-7-24(27)29(41)38-25(17-28(40)37-26(31(39)43)16-23-18-34-20-36-23)30(42)35-19-32(9-12-44-13-10-32)21-5-4-6-22(33)15-21/h2-8,15,18,20,25-26H,9-14,16-17,19H2,1H3,(H,34,36)(H,35,42)(H,37,40)(H,38,41)/t25-,26-/m0/s1. The van der Waals surface area contributed by atoms with Crippen molar-refractivity contribution in [2.24, 2.45) is 0 Å². The molecule has 238 valence electrons. The monoisotopic (exact) mass is 620 g/mol. The molecule has 1 fully saturated rings. The Balaban J connectivity index is 1.40. The van der Waals surface area contributed by atoms with Crippen LogP contribution >= 0.6 is 0 Å². The summed E-state index contributed by atoms with van der Waals surface area (Å²) in [6.07, 6.45) is 3.83. The van der Waals surface area contributed by atoms with Gasteiger partial charge < -0.3 is 35.3 Å². The average Bonchev–Trinajstić information content (AvgIpc) is 3.56. The van der Waals surface area contributed by atoms with Crippen molar-refractivity contribution < 1.29 is 33.0 Å².